The number of hydrogen-bond donors (Lipinski definition) is 1. The molecule has 1 aromatic rings. The lowest BCUT2D eigenvalue weighted by Crippen LogP contribution is -2.41. The molecule has 4 nitrogen and oxygen atoms in total. The fourth-order valence-electron chi connectivity index (χ4n) is 3.22. The predicted octanol–water partition coefficient (Wildman–Crippen LogP) is 2.62. The van der Waals surface area contributed by atoms with Gasteiger partial charge in [-0.1, -0.05) is 17.7 Å². The average Bonchev–Trinajstić information content (AvgIpc) is 3.10. The predicted molar refractivity (Wildman–Crippen MR) is 86.7 cm³/mol. The van der Waals surface area contributed by atoms with Crippen LogP contribution in [0.4, 0.5) is 5.69 Å². The zero-order valence-electron chi connectivity index (χ0n) is 13.2. The van der Waals surface area contributed by atoms with E-state index < -0.39 is 18.3 Å². The summed E-state index contributed by atoms with van der Waals surface area (Å²) in [5.41, 5.74) is 1.48. The monoisotopic (exact) mass is 319 g/mol. The largest absolute Gasteiger partial charge is 0.494 e. The Morgan fingerprint density at radius 3 is 2.27 bits per heavy atom. The van der Waals surface area contributed by atoms with E-state index >= 15 is 0 Å². The minimum Gasteiger partial charge on any atom is -0.399 e. The molecule has 0 atom stereocenters. The maximum atomic E-state index is 12.2. The van der Waals surface area contributed by atoms with Gasteiger partial charge in [0, 0.05) is 0 Å². The molecule has 1 aliphatic carbocycles. The number of halogens is 1. The molecule has 2 fully saturated rings. The van der Waals surface area contributed by atoms with Crippen molar-refractivity contribution in [2.75, 3.05) is 5.32 Å². The molecule has 1 saturated heterocycles. The fraction of sp³-hybridized carbons (Fsp3) is 0.562. The first-order valence-electron chi connectivity index (χ1n) is 7.67. The molecule has 2 heterocycles. The zero-order chi connectivity index (χ0) is 15.9. The van der Waals surface area contributed by atoms with Crippen LogP contribution in [-0.4, -0.2) is 24.2 Å². The first-order valence-corrected chi connectivity index (χ1v) is 8.05. The Bertz CT molecular complexity index is 681. The van der Waals surface area contributed by atoms with Gasteiger partial charge in [-0.25, -0.2) is 0 Å². The van der Waals surface area contributed by atoms with Crippen molar-refractivity contribution in [3.8, 4) is 0 Å². The second-order valence-electron chi connectivity index (χ2n) is 7.55. The SMILES string of the molecule is CC1(C)OB(c2cc(Cl)c3c(c2)C2(CC2)C(=O)N3)OC1(C)C. The number of carbonyl (C=O) groups excluding carboxylic acids is 1. The van der Waals surface area contributed by atoms with E-state index in [-0.39, 0.29) is 11.3 Å². The molecule has 1 aromatic carbocycles. The molecule has 22 heavy (non-hydrogen) atoms. The number of fused-ring (bicyclic) bond motifs is 2. The van der Waals surface area contributed by atoms with E-state index in [4.69, 9.17) is 20.9 Å². The molecule has 0 radical (unpaired) electrons. The Kier molecular flexibility index (Phi) is 2.70. The van der Waals surface area contributed by atoms with Gasteiger partial charge in [0.2, 0.25) is 5.91 Å². The van der Waals surface area contributed by atoms with Crippen molar-refractivity contribution in [1.29, 1.82) is 0 Å². The summed E-state index contributed by atoms with van der Waals surface area (Å²) in [5.74, 6) is 0.0652. The smallest absolute Gasteiger partial charge is 0.399 e. The zero-order valence-corrected chi connectivity index (χ0v) is 14.0. The molecule has 6 heteroatoms. The summed E-state index contributed by atoms with van der Waals surface area (Å²) < 4.78 is 12.2. The van der Waals surface area contributed by atoms with Gasteiger partial charge in [0.25, 0.3) is 0 Å². The average molecular weight is 320 g/mol. The van der Waals surface area contributed by atoms with E-state index in [9.17, 15) is 4.79 Å². The van der Waals surface area contributed by atoms with Crippen LogP contribution in [0.3, 0.4) is 0 Å². The lowest BCUT2D eigenvalue weighted by Gasteiger charge is -2.32. The van der Waals surface area contributed by atoms with Crippen molar-refractivity contribution in [1.82, 2.24) is 0 Å². The van der Waals surface area contributed by atoms with Gasteiger partial charge in [-0.15, -0.1) is 0 Å². The number of rotatable bonds is 1. The van der Waals surface area contributed by atoms with E-state index in [1.54, 1.807) is 0 Å². The van der Waals surface area contributed by atoms with Crippen LogP contribution < -0.4 is 10.8 Å². The van der Waals surface area contributed by atoms with Crippen LogP contribution in [0.15, 0.2) is 12.1 Å². The first kappa shape index (κ1) is 14.6. The highest BCUT2D eigenvalue weighted by molar-refractivity contribution is 6.62. The van der Waals surface area contributed by atoms with Crippen molar-refractivity contribution in [3.05, 3.63) is 22.7 Å². The topological polar surface area (TPSA) is 47.6 Å². The number of benzene rings is 1. The van der Waals surface area contributed by atoms with E-state index in [1.807, 2.05) is 39.8 Å². The molecule has 1 amide bonds. The van der Waals surface area contributed by atoms with Gasteiger partial charge in [0.15, 0.2) is 0 Å². The highest BCUT2D eigenvalue weighted by Gasteiger charge is 2.58. The molecule has 4 rings (SSSR count). The third-order valence-corrected chi connectivity index (χ3v) is 5.87. The third-order valence-electron chi connectivity index (χ3n) is 5.58. The Morgan fingerprint density at radius 2 is 1.73 bits per heavy atom. The van der Waals surface area contributed by atoms with Gasteiger partial charge < -0.3 is 14.6 Å². The van der Waals surface area contributed by atoms with Crippen LogP contribution in [0.5, 0.6) is 0 Å². The van der Waals surface area contributed by atoms with Crippen LogP contribution in [-0.2, 0) is 19.5 Å². The maximum Gasteiger partial charge on any atom is 0.494 e. The van der Waals surface area contributed by atoms with Crippen molar-refractivity contribution in [2.24, 2.45) is 0 Å². The Hall–Kier alpha value is -1.04. The van der Waals surface area contributed by atoms with E-state index in [2.05, 4.69) is 5.32 Å². The molecule has 2 aliphatic heterocycles. The summed E-state index contributed by atoms with van der Waals surface area (Å²) in [4.78, 5) is 12.2. The molecular formula is C16H19BClNO3. The van der Waals surface area contributed by atoms with Crippen molar-refractivity contribution >= 4 is 35.8 Å². The van der Waals surface area contributed by atoms with Crippen LogP contribution in [0.2, 0.25) is 5.02 Å². The van der Waals surface area contributed by atoms with Crippen LogP contribution >= 0.6 is 11.6 Å². The molecule has 3 aliphatic rings. The highest BCUT2D eigenvalue weighted by Crippen LogP contribution is 2.56. The molecule has 1 N–H and O–H groups in total. The van der Waals surface area contributed by atoms with Gasteiger partial charge in [-0.3, -0.25) is 4.79 Å². The minimum absolute atomic E-state index is 0.0652. The summed E-state index contributed by atoms with van der Waals surface area (Å²) in [5, 5.41) is 3.47. The first-order chi connectivity index (χ1) is 10.2. The standard InChI is InChI=1S/C16H19BClNO3/c1-14(2)15(3,4)22-17(21-14)9-7-10-12(11(18)8-9)19-13(20)16(10)5-6-16/h7-8H,5-6H2,1-4H3,(H,19,20). The number of carbonyl (C=O) groups is 1. The molecule has 0 aromatic heterocycles. The Morgan fingerprint density at radius 1 is 1.14 bits per heavy atom. The van der Waals surface area contributed by atoms with Gasteiger partial charge in [0.05, 0.1) is 27.3 Å². The number of hydrogen-bond acceptors (Lipinski definition) is 3. The summed E-state index contributed by atoms with van der Waals surface area (Å²) in [6.45, 7) is 8.09. The van der Waals surface area contributed by atoms with Crippen molar-refractivity contribution in [2.45, 2.75) is 57.2 Å². The molecule has 1 saturated carbocycles. The molecule has 1 spiro atoms. The molecular weight excluding hydrogens is 300 g/mol. The number of nitrogens with one attached hydrogen (secondary N) is 1. The lowest BCUT2D eigenvalue weighted by atomic mass is 9.77. The normalized spacial score (nSPS) is 26.2. The highest BCUT2D eigenvalue weighted by atomic mass is 35.5. The van der Waals surface area contributed by atoms with Gasteiger partial charge >= 0.3 is 7.12 Å². The molecule has 116 valence electrons. The number of anilines is 1. The second kappa shape index (κ2) is 4.08. The Labute approximate surface area is 135 Å². The molecule has 0 bridgehead atoms. The second-order valence-corrected chi connectivity index (χ2v) is 7.96. The quantitative estimate of drug-likeness (QED) is 0.810. The van der Waals surface area contributed by atoms with Gasteiger partial charge in [-0.05, 0) is 57.6 Å². The maximum absolute atomic E-state index is 12.2. The fourth-order valence-corrected chi connectivity index (χ4v) is 3.50. The Balaban J connectivity index is 1.76. The van der Waals surface area contributed by atoms with E-state index in [0.29, 0.717) is 5.02 Å². The lowest BCUT2D eigenvalue weighted by molar-refractivity contribution is -0.117. The van der Waals surface area contributed by atoms with Crippen LogP contribution in [0.25, 0.3) is 0 Å². The van der Waals surface area contributed by atoms with Crippen molar-refractivity contribution < 1.29 is 14.1 Å². The summed E-state index contributed by atoms with van der Waals surface area (Å²) in [7, 11) is -0.459. The summed E-state index contributed by atoms with van der Waals surface area (Å²) in [6, 6.07) is 3.86. The van der Waals surface area contributed by atoms with Crippen LogP contribution in [0, 0.1) is 0 Å². The van der Waals surface area contributed by atoms with E-state index in [0.717, 1.165) is 29.6 Å². The van der Waals surface area contributed by atoms with E-state index in [1.165, 1.54) is 0 Å². The summed E-state index contributed by atoms with van der Waals surface area (Å²) in [6.07, 6.45) is 1.77. The van der Waals surface area contributed by atoms with Crippen LogP contribution in [0.1, 0.15) is 46.1 Å². The third kappa shape index (κ3) is 1.76. The van der Waals surface area contributed by atoms with Gasteiger partial charge in [0.1, 0.15) is 0 Å². The molecule has 0 unspecified atom stereocenters. The van der Waals surface area contributed by atoms with Gasteiger partial charge in [-0.2, -0.15) is 0 Å². The minimum atomic E-state index is -0.459. The summed E-state index contributed by atoms with van der Waals surface area (Å²) >= 11 is 6.39. The number of amides is 1. The van der Waals surface area contributed by atoms with Crippen molar-refractivity contribution in [3.63, 3.8) is 0 Å².